The summed E-state index contributed by atoms with van der Waals surface area (Å²) in [6, 6.07) is 5.27. The van der Waals surface area contributed by atoms with E-state index in [2.05, 4.69) is 84.3 Å². The van der Waals surface area contributed by atoms with Gasteiger partial charge in [0.1, 0.15) is 0 Å². The fourth-order valence-electron chi connectivity index (χ4n) is 7.83. The molecular weight excluding hydrogens is 542 g/mol. The Balaban J connectivity index is 1.36. The Morgan fingerprint density at radius 3 is 2.64 bits per heavy atom. The van der Waals surface area contributed by atoms with Crippen molar-refractivity contribution in [2.45, 2.75) is 121 Å². The number of hydrogen-bond acceptors (Lipinski definition) is 9. The first-order chi connectivity index (χ1) is 20.0. The number of rotatable bonds is 5. The molecule has 4 fully saturated rings. The lowest BCUT2D eigenvalue weighted by Gasteiger charge is -2.50. The first kappa shape index (κ1) is 32.5. The van der Waals surface area contributed by atoms with Crippen molar-refractivity contribution in [1.29, 1.82) is 0 Å². The minimum absolute atomic E-state index is 0.193. The molecule has 9 heteroatoms. The quantitative estimate of drug-likeness (QED) is 0.345. The average Bonchev–Trinajstić information content (AvgIpc) is 3.27. The van der Waals surface area contributed by atoms with Gasteiger partial charge in [-0.15, -0.1) is 0 Å². The van der Waals surface area contributed by atoms with Crippen LogP contribution in [0.4, 0.5) is 5.69 Å². The van der Waals surface area contributed by atoms with Crippen molar-refractivity contribution in [1.82, 2.24) is 30.6 Å². The Hall–Kier alpha value is -0.940. The second-order valence-corrected chi connectivity index (χ2v) is 16.3. The Bertz CT molecular complexity index is 986. The number of nitrogens with one attached hydrogen (secondary N) is 4. The summed E-state index contributed by atoms with van der Waals surface area (Å²) in [5.74, 6) is 1.31. The van der Waals surface area contributed by atoms with Gasteiger partial charge in [0, 0.05) is 51.3 Å². The van der Waals surface area contributed by atoms with E-state index in [0.717, 1.165) is 30.9 Å². The molecule has 8 nitrogen and oxygen atoms in total. The highest BCUT2D eigenvalue weighted by molar-refractivity contribution is 7.98. The smallest absolute Gasteiger partial charge is 0.0690 e. The average molecular weight is 602 g/mol. The van der Waals surface area contributed by atoms with Crippen molar-refractivity contribution < 1.29 is 4.74 Å². The van der Waals surface area contributed by atoms with E-state index in [1.807, 2.05) is 18.1 Å². The lowest BCUT2D eigenvalue weighted by molar-refractivity contribution is 0.00552. The molecule has 7 unspecified atom stereocenters. The van der Waals surface area contributed by atoms with Crippen LogP contribution in [0.5, 0.6) is 0 Å². The molecular formula is C33H59N7OS. The van der Waals surface area contributed by atoms with Crippen molar-refractivity contribution >= 4 is 17.6 Å². The highest BCUT2D eigenvalue weighted by atomic mass is 32.2. The van der Waals surface area contributed by atoms with Gasteiger partial charge in [-0.05, 0) is 88.7 Å². The summed E-state index contributed by atoms with van der Waals surface area (Å²) < 4.78 is 9.13. The zero-order valence-electron chi connectivity index (χ0n) is 27.4. The van der Waals surface area contributed by atoms with Crippen molar-refractivity contribution in [2.24, 2.45) is 17.3 Å². The summed E-state index contributed by atoms with van der Waals surface area (Å²) in [4.78, 5) is 10.1. The molecule has 0 amide bonds. The van der Waals surface area contributed by atoms with Gasteiger partial charge in [-0.25, -0.2) is 0 Å². The molecule has 5 heterocycles. The van der Waals surface area contributed by atoms with E-state index in [1.54, 1.807) is 7.11 Å². The van der Waals surface area contributed by atoms with Crippen LogP contribution in [-0.2, 0) is 4.74 Å². The third kappa shape index (κ3) is 8.01. The molecule has 0 radical (unpaired) electrons. The van der Waals surface area contributed by atoms with Gasteiger partial charge in [0.2, 0.25) is 0 Å². The first-order valence-electron chi connectivity index (χ1n) is 16.6. The number of anilines is 1. The Kier molecular flexibility index (Phi) is 10.8. The van der Waals surface area contributed by atoms with Crippen LogP contribution in [0.2, 0.25) is 0 Å². The van der Waals surface area contributed by atoms with Crippen LogP contribution < -0.4 is 25.6 Å². The molecule has 5 rings (SSSR count). The van der Waals surface area contributed by atoms with Crippen LogP contribution in [0.3, 0.4) is 0 Å². The number of ether oxygens (including phenoxy) is 1. The molecule has 4 aliphatic rings. The van der Waals surface area contributed by atoms with E-state index >= 15 is 0 Å². The molecule has 0 spiro atoms. The maximum absolute atomic E-state index is 5.28. The maximum atomic E-state index is 5.28. The number of methoxy groups -OCH3 is 1. The minimum Gasteiger partial charge on any atom is -0.383 e. The number of nitrogens with zero attached hydrogens (tertiary/aromatic N) is 3. The highest BCUT2D eigenvalue weighted by Crippen LogP contribution is 2.42. The Morgan fingerprint density at radius 1 is 1.07 bits per heavy atom. The molecule has 0 saturated carbocycles. The van der Waals surface area contributed by atoms with Crippen LogP contribution in [0.1, 0.15) is 97.7 Å². The lowest BCUT2D eigenvalue weighted by Crippen LogP contribution is -2.63. The van der Waals surface area contributed by atoms with Gasteiger partial charge in [-0.3, -0.25) is 30.6 Å². The van der Waals surface area contributed by atoms with Crippen LogP contribution in [0.25, 0.3) is 0 Å². The predicted molar refractivity (Wildman–Crippen MR) is 176 cm³/mol. The maximum Gasteiger partial charge on any atom is 0.0690 e. The monoisotopic (exact) mass is 601 g/mol. The summed E-state index contributed by atoms with van der Waals surface area (Å²) in [6.07, 6.45) is 12.5. The molecule has 0 aliphatic carbocycles. The standard InChI is InChI=1S/C33H59N7OS/c1-32(2,3)28-16-12-24-20-35-42-30-10-8-9-29(38-30)36-27(26-15-13-25(21-34-26)39(6)17-18-41-7)14-11-23-19-33(4,5)40(22-23)31(24)37-28/h13,15,21,23-24,27-31,35-38H,8-12,14,16-20,22H2,1-7H3/t23-,24?,27?,28?,29?,30?,31?/m0/s1. The van der Waals surface area contributed by atoms with Crippen molar-refractivity contribution in [3.05, 3.63) is 24.0 Å². The summed E-state index contributed by atoms with van der Waals surface area (Å²) in [7, 11) is 3.87. The largest absolute Gasteiger partial charge is 0.383 e. The summed E-state index contributed by atoms with van der Waals surface area (Å²) in [6.45, 7) is 16.0. The molecule has 4 aliphatic heterocycles. The third-order valence-electron chi connectivity index (χ3n) is 10.4. The molecule has 0 aromatic carbocycles. The van der Waals surface area contributed by atoms with E-state index in [9.17, 15) is 0 Å². The number of hydrogen-bond donors (Lipinski definition) is 4. The second kappa shape index (κ2) is 14.0. The topological polar surface area (TPSA) is 76.7 Å². The second-order valence-electron chi connectivity index (χ2n) is 15.2. The molecule has 42 heavy (non-hydrogen) atoms. The van der Waals surface area contributed by atoms with E-state index in [-0.39, 0.29) is 17.0 Å². The van der Waals surface area contributed by atoms with Gasteiger partial charge in [0.15, 0.2) is 0 Å². The van der Waals surface area contributed by atoms with Gasteiger partial charge in [0.05, 0.1) is 47.9 Å². The predicted octanol–water partition coefficient (Wildman–Crippen LogP) is 5.09. The lowest BCUT2D eigenvalue weighted by atomic mass is 9.78. The first-order valence-corrected chi connectivity index (χ1v) is 17.5. The number of pyridine rings is 1. The molecule has 4 saturated heterocycles. The Labute approximate surface area is 260 Å². The van der Waals surface area contributed by atoms with Gasteiger partial charge >= 0.3 is 0 Å². The van der Waals surface area contributed by atoms with Gasteiger partial charge in [0.25, 0.3) is 0 Å². The van der Waals surface area contributed by atoms with Crippen molar-refractivity contribution in [2.75, 3.05) is 45.3 Å². The summed E-state index contributed by atoms with van der Waals surface area (Å²) in [5, 5.41) is 12.6. The number of likely N-dealkylation sites (N-methyl/N-ethyl adjacent to an activating group) is 1. The summed E-state index contributed by atoms with van der Waals surface area (Å²) >= 11 is 1.92. The third-order valence-corrected chi connectivity index (χ3v) is 11.4. The fraction of sp³-hybridized carbons (Fsp3) is 0.848. The van der Waals surface area contributed by atoms with E-state index in [0.29, 0.717) is 42.2 Å². The molecule has 4 N–H and O–H groups in total. The van der Waals surface area contributed by atoms with Crippen LogP contribution in [0, 0.1) is 17.3 Å². The van der Waals surface area contributed by atoms with Gasteiger partial charge < -0.3 is 9.64 Å². The van der Waals surface area contributed by atoms with Crippen LogP contribution in [-0.4, -0.2) is 79.6 Å². The van der Waals surface area contributed by atoms with Gasteiger partial charge in [-0.2, -0.15) is 0 Å². The fourth-order valence-corrected chi connectivity index (χ4v) is 8.86. The highest BCUT2D eigenvalue weighted by Gasteiger charge is 2.47. The molecule has 8 atom stereocenters. The van der Waals surface area contributed by atoms with Crippen molar-refractivity contribution in [3.8, 4) is 0 Å². The molecule has 1 aromatic rings. The van der Waals surface area contributed by atoms with E-state index < -0.39 is 0 Å². The number of fused-ring (bicyclic) bond motifs is 6. The van der Waals surface area contributed by atoms with Crippen molar-refractivity contribution in [3.63, 3.8) is 0 Å². The number of piperidine rings is 2. The SMILES string of the molecule is COCCN(C)c1ccc(C2CC[C@@H]3CN(C4NC(C(C)(C)C)CCC4CNSC4CCCC(N4)N2)C(C)(C)C3)nc1. The number of aromatic nitrogens is 1. The van der Waals surface area contributed by atoms with E-state index in [4.69, 9.17) is 9.72 Å². The normalized spacial score (nSPS) is 36.0. The zero-order valence-corrected chi connectivity index (χ0v) is 28.2. The van der Waals surface area contributed by atoms with Gasteiger partial charge in [-0.1, -0.05) is 32.7 Å². The van der Waals surface area contributed by atoms with E-state index in [1.165, 1.54) is 51.5 Å². The minimum atomic E-state index is 0.193. The molecule has 4 bridgehead atoms. The summed E-state index contributed by atoms with van der Waals surface area (Å²) in [5.41, 5.74) is 2.77. The van der Waals surface area contributed by atoms with Crippen LogP contribution >= 0.6 is 11.9 Å². The van der Waals surface area contributed by atoms with Crippen LogP contribution in [0.15, 0.2) is 18.3 Å². The molecule has 1 aromatic heterocycles. The Morgan fingerprint density at radius 2 is 1.90 bits per heavy atom. The molecule has 238 valence electrons. The zero-order chi connectivity index (χ0) is 29.9.